The van der Waals surface area contributed by atoms with Crippen LogP contribution in [0, 0.1) is 5.92 Å². The molecule has 0 bridgehead atoms. The van der Waals surface area contributed by atoms with E-state index in [-0.39, 0.29) is 6.10 Å². The van der Waals surface area contributed by atoms with Gasteiger partial charge in [0.1, 0.15) is 0 Å². The highest BCUT2D eigenvalue weighted by molar-refractivity contribution is 5.25. The molecule has 1 heterocycles. The van der Waals surface area contributed by atoms with Crippen molar-refractivity contribution in [3.05, 3.63) is 23.9 Å². The van der Waals surface area contributed by atoms with Crippen LogP contribution in [0.4, 0.5) is 0 Å². The fraction of sp³-hybridized carbons (Fsp3) is 0.722. The lowest BCUT2D eigenvalue weighted by Gasteiger charge is -2.29. The van der Waals surface area contributed by atoms with Crippen LogP contribution in [0.5, 0.6) is 5.88 Å². The smallest absolute Gasteiger partial charge is 0.218 e. The first-order valence-corrected chi connectivity index (χ1v) is 8.53. The third kappa shape index (κ3) is 5.31. The number of nitrogens with zero attached hydrogens (tertiary/aromatic N) is 1. The van der Waals surface area contributed by atoms with Gasteiger partial charge in [-0.3, -0.25) is 0 Å². The summed E-state index contributed by atoms with van der Waals surface area (Å²) < 4.78 is 5.78. The lowest BCUT2D eigenvalue weighted by atomic mass is 9.83. The average Bonchev–Trinajstić information content (AvgIpc) is 2.48. The van der Waals surface area contributed by atoms with Gasteiger partial charge >= 0.3 is 0 Å². The monoisotopic (exact) mass is 290 g/mol. The summed E-state index contributed by atoms with van der Waals surface area (Å²) >= 11 is 0. The fourth-order valence-electron chi connectivity index (χ4n) is 3.21. The third-order valence-electron chi connectivity index (χ3n) is 4.32. The third-order valence-corrected chi connectivity index (χ3v) is 4.32. The summed E-state index contributed by atoms with van der Waals surface area (Å²) in [5, 5.41) is 3.69. The predicted molar refractivity (Wildman–Crippen MR) is 87.5 cm³/mol. The van der Waals surface area contributed by atoms with Gasteiger partial charge in [-0.1, -0.05) is 25.8 Å². The van der Waals surface area contributed by atoms with Gasteiger partial charge in [0.05, 0.1) is 6.10 Å². The molecule has 0 unspecified atom stereocenters. The molecular formula is C18H30N2O. The van der Waals surface area contributed by atoms with Crippen molar-refractivity contribution in [1.82, 2.24) is 10.3 Å². The van der Waals surface area contributed by atoms with Crippen molar-refractivity contribution >= 4 is 0 Å². The summed E-state index contributed by atoms with van der Waals surface area (Å²) in [5.41, 5.74) is 1.17. The van der Waals surface area contributed by atoms with E-state index >= 15 is 0 Å². The fourth-order valence-corrected chi connectivity index (χ4v) is 3.21. The molecule has 0 aromatic carbocycles. The Morgan fingerprint density at radius 3 is 2.71 bits per heavy atom. The molecule has 0 aliphatic heterocycles. The van der Waals surface area contributed by atoms with Gasteiger partial charge in [-0.05, 0) is 51.5 Å². The quantitative estimate of drug-likeness (QED) is 0.812. The maximum atomic E-state index is 5.78. The van der Waals surface area contributed by atoms with Crippen LogP contribution < -0.4 is 10.1 Å². The Morgan fingerprint density at radius 1 is 1.29 bits per heavy atom. The second-order valence-corrected chi connectivity index (χ2v) is 6.52. The molecule has 1 saturated carbocycles. The molecule has 118 valence electrons. The standard InChI is InChI=1S/C18H30N2O/c1-4-6-15-8-10-17(11-9-15)20-13-16-7-5-12-19-18(16)21-14(2)3/h5,7,12,14-15,17,20H,4,6,8-11,13H2,1-3H3. The highest BCUT2D eigenvalue weighted by Crippen LogP contribution is 2.28. The molecule has 1 aromatic rings. The lowest BCUT2D eigenvalue weighted by Crippen LogP contribution is -2.33. The number of nitrogens with one attached hydrogen (secondary N) is 1. The van der Waals surface area contributed by atoms with Gasteiger partial charge in [-0.2, -0.15) is 0 Å². The van der Waals surface area contributed by atoms with Crippen LogP contribution in [0.2, 0.25) is 0 Å². The van der Waals surface area contributed by atoms with Gasteiger partial charge in [0.25, 0.3) is 0 Å². The van der Waals surface area contributed by atoms with Gasteiger partial charge < -0.3 is 10.1 Å². The van der Waals surface area contributed by atoms with Crippen molar-refractivity contribution in [2.24, 2.45) is 5.92 Å². The second-order valence-electron chi connectivity index (χ2n) is 6.52. The topological polar surface area (TPSA) is 34.2 Å². The zero-order valence-corrected chi connectivity index (χ0v) is 13.8. The summed E-state index contributed by atoms with van der Waals surface area (Å²) in [4.78, 5) is 4.36. The molecule has 0 atom stereocenters. The van der Waals surface area contributed by atoms with E-state index in [1.807, 2.05) is 19.9 Å². The van der Waals surface area contributed by atoms with Crippen LogP contribution >= 0.6 is 0 Å². The van der Waals surface area contributed by atoms with E-state index < -0.39 is 0 Å². The molecule has 0 radical (unpaired) electrons. The molecule has 3 nitrogen and oxygen atoms in total. The van der Waals surface area contributed by atoms with E-state index in [2.05, 4.69) is 23.3 Å². The number of hydrogen-bond acceptors (Lipinski definition) is 3. The molecule has 0 amide bonds. The second kappa shape index (κ2) is 8.38. The Kier molecular flexibility index (Phi) is 6.50. The van der Waals surface area contributed by atoms with Gasteiger partial charge in [0.15, 0.2) is 0 Å². The minimum atomic E-state index is 0.170. The molecule has 1 N–H and O–H groups in total. The van der Waals surface area contributed by atoms with Gasteiger partial charge in [0, 0.05) is 24.3 Å². The Bertz CT molecular complexity index is 411. The summed E-state index contributed by atoms with van der Waals surface area (Å²) in [6.45, 7) is 7.24. The molecule has 21 heavy (non-hydrogen) atoms. The molecule has 0 saturated heterocycles. The van der Waals surface area contributed by atoms with Crippen molar-refractivity contribution in [2.45, 2.75) is 78.0 Å². The highest BCUT2D eigenvalue weighted by atomic mass is 16.5. The number of rotatable bonds is 7. The molecule has 1 aliphatic carbocycles. The van der Waals surface area contributed by atoms with Crippen molar-refractivity contribution < 1.29 is 4.74 Å². The average molecular weight is 290 g/mol. The number of aromatic nitrogens is 1. The first-order valence-electron chi connectivity index (χ1n) is 8.53. The van der Waals surface area contributed by atoms with Crippen molar-refractivity contribution in [3.63, 3.8) is 0 Å². The number of pyridine rings is 1. The minimum absolute atomic E-state index is 0.170. The first-order chi connectivity index (χ1) is 10.2. The maximum absolute atomic E-state index is 5.78. The molecule has 3 heteroatoms. The van der Waals surface area contributed by atoms with Crippen LogP contribution in [-0.2, 0) is 6.54 Å². The SMILES string of the molecule is CCCC1CCC(NCc2cccnc2OC(C)C)CC1. The van der Waals surface area contributed by atoms with Gasteiger partial charge in [-0.25, -0.2) is 4.98 Å². The largest absolute Gasteiger partial charge is 0.475 e. The van der Waals surface area contributed by atoms with E-state index in [1.165, 1.54) is 44.1 Å². The van der Waals surface area contributed by atoms with E-state index in [9.17, 15) is 0 Å². The van der Waals surface area contributed by atoms with Crippen molar-refractivity contribution in [2.75, 3.05) is 0 Å². The molecular weight excluding hydrogens is 260 g/mol. The highest BCUT2D eigenvalue weighted by Gasteiger charge is 2.20. The van der Waals surface area contributed by atoms with Crippen molar-refractivity contribution in [1.29, 1.82) is 0 Å². The molecule has 1 aromatic heterocycles. The Hall–Kier alpha value is -1.09. The van der Waals surface area contributed by atoms with E-state index in [1.54, 1.807) is 6.20 Å². The number of hydrogen-bond donors (Lipinski definition) is 1. The molecule has 1 fully saturated rings. The van der Waals surface area contributed by atoms with Crippen molar-refractivity contribution in [3.8, 4) is 5.88 Å². The molecule has 0 spiro atoms. The zero-order chi connectivity index (χ0) is 15.1. The van der Waals surface area contributed by atoms with Crippen LogP contribution in [0.1, 0.15) is 64.9 Å². The van der Waals surface area contributed by atoms with E-state index in [0.29, 0.717) is 6.04 Å². The number of ether oxygens (including phenoxy) is 1. The summed E-state index contributed by atoms with van der Waals surface area (Å²) in [7, 11) is 0. The van der Waals surface area contributed by atoms with E-state index in [4.69, 9.17) is 4.74 Å². The minimum Gasteiger partial charge on any atom is -0.475 e. The van der Waals surface area contributed by atoms with Crippen LogP contribution in [0.15, 0.2) is 18.3 Å². The zero-order valence-electron chi connectivity index (χ0n) is 13.8. The van der Waals surface area contributed by atoms with Crippen LogP contribution in [0.25, 0.3) is 0 Å². The van der Waals surface area contributed by atoms with Gasteiger partial charge in [-0.15, -0.1) is 0 Å². The predicted octanol–water partition coefficient (Wildman–Crippen LogP) is 4.32. The maximum Gasteiger partial charge on any atom is 0.218 e. The lowest BCUT2D eigenvalue weighted by molar-refractivity contribution is 0.228. The van der Waals surface area contributed by atoms with E-state index in [0.717, 1.165) is 18.3 Å². The Balaban J connectivity index is 1.81. The van der Waals surface area contributed by atoms with Crippen LogP contribution in [-0.4, -0.2) is 17.1 Å². The molecule has 1 aliphatic rings. The summed E-state index contributed by atoms with van der Waals surface area (Å²) in [6.07, 6.45) is 10.1. The summed E-state index contributed by atoms with van der Waals surface area (Å²) in [6, 6.07) is 4.76. The Morgan fingerprint density at radius 2 is 2.05 bits per heavy atom. The van der Waals surface area contributed by atoms with Crippen LogP contribution in [0.3, 0.4) is 0 Å². The normalized spacial score (nSPS) is 22.5. The summed E-state index contributed by atoms with van der Waals surface area (Å²) in [5.74, 6) is 1.74. The first kappa shape index (κ1) is 16.3. The Labute approximate surface area is 129 Å². The molecule has 2 rings (SSSR count). The van der Waals surface area contributed by atoms with Gasteiger partial charge in [0.2, 0.25) is 5.88 Å².